The number of nitrogens with zero attached hydrogens (tertiary/aromatic N) is 2. The average molecular weight is 483 g/mol. The number of benzene rings is 1. The van der Waals surface area contributed by atoms with Crippen LogP contribution in [-0.2, 0) is 4.79 Å². The Morgan fingerprint density at radius 3 is 2.71 bits per heavy atom. The summed E-state index contributed by atoms with van der Waals surface area (Å²) in [6.45, 7) is -0.105. The normalized spacial score (nSPS) is 17.4. The van der Waals surface area contributed by atoms with Gasteiger partial charge in [-0.15, -0.1) is 0 Å². The van der Waals surface area contributed by atoms with Crippen LogP contribution in [0.1, 0.15) is 20.3 Å². The van der Waals surface area contributed by atoms with Gasteiger partial charge in [-0.25, -0.2) is 18.7 Å². The van der Waals surface area contributed by atoms with Gasteiger partial charge < -0.3 is 23.9 Å². The molecule has 34 heavy (non-hydrogen) atoms. The zero-order valence-electron chi connectivity index (χ0n) is 18.2. The van der Waals surface area contributed by atoms with Crippen molar-refractivity contribution in [3.05, 3.63) is 30.5 Å². The number of amides is 1. The van der Waals surface area contributed by atoms with E-state index < -0.39 is 18.5 Å². The summed E-state index contributed by atoms with van der Waals surface area (Å²) in [7, 11) is 0. The molecule has 12 heteroatoms. The third-order valence-corrected chi connectivity index (χ3v) is 4.98. The van der Waals surface area contributed by atoms with E-state index in [4.69, 9.17) is 13.9 Å². The first-order chi connectivity index (χ1) is 16.1. The van der Waals surface area contributed by atoms with Gasteiger partial charge in [0.2, 0.25) is 17.7 Å². The van der Waals surface area contributed by atoms with E-state index in [1.165, 1.54) is 37.4 Å². The van der Waals surface area contributed by atoms with Crippen LogP contribution in [0, 0.1) is 5.92 Å². The largest absolute Gasteiger partial charge is 0.489 e. The van der Waals surface area contributed by atoms with Crippen molar-refractivity contribution in [2.24, 2.45) is 5.92 Å². The van der Waals surface area contributed by atoms with Crippen molar-refractivity contribution in [1.29, 1.82) is 0 Å². The molecule has 2 atom stereocenters. The second kappa shape index (κ2) is 9.35. The number of nitrogens with one attached hydrogen (secondary N) is 1. The first-order valence-corrected chi connectivity index (χ1v) is 10.4. The SMILES string of the molecule is CC(=O)N[C@@H](C)COc1cc2oc(-c3ccc(OCC4CC4(F)F)c(OC(F)F)c3)nc2cn1. The summed E-state index contributed by atoms with van der Waals surface area (Å²) < 4.78 is 73.0. The van der Waals surface area contributed by atoms with E-state index >= 15 is 0 Å². The van der Waals surface area contributed by atoms with Crippen LogP contribution in [0.2, 0.25) is 0 Å². The molecule has 1 fully saturated rings. The van der Waals surface area contributed by atoms with E-state index in [0.29, 0.717) is 16.7 Å². The fourth-order valence-electron chi connectivity index (χ4n) is 3.20. The molecule has 3 aromatic rings. The summed E-state index contributed by atoms with van der Waals surface area (Å²) >= 11 is 0. The second-order valence-electron chi connectivity index (χ2n) is 7.93. The summed E-state index contributed by atoms with van der Waals surface area (Å²) in [5.74, 6) is -4.00. The number of oxazole rings is 1. The number of hydrogen-bond donors (Lipinski definition) is 1. The van der Waals surface area contributed by atoms with E-state index in [1.807, 2.05) is 0 Å². The van der Waals surface area contributed by atoms with Gasteiger partial charge in [-0.3, -0.25) is 4.79 Å². The van der Waals surface area contributed by atoms with Gasteiger partial charge in [-0.1, -0.05) is 0 Å². The highest BCUT2D eigenvalue weighted by Crippen LogP contribution is 2.49. The highest BCUT2D eigenvalue weighted by molar-refractivity contribution is 5.76. The molecule has 2 heterocycles. The molecule has 0 bridgehead atoms. The number of halogens is 4. The summed E-state index contributed by atoms with van der Waals surface area (Å²) in [6.07, 6.45) is 1.12. The predicted octanol–water partition coefficient (Wildman–Crippen LogP) is 4.43. The molecule has 2 aromatic heterocycles. The van der Waals surface area contributed by atoms with Crippen molar-refractivity contribution in [1.82, 2.24) is 15.3 Å². The van der Waals surface area contributed by atoms with Gasteiger partial charge >= 0.3 is 6.61 Å². The number of fused-ring (bicyclic) bond motifs is 1. The topological polar surface area (TPSA) is 95.7 Å². The molecule has 1 aliphatic rings. The third kappa shape index (κ3) is 5.67. The van der Waals surface area contributed by atoms with Crippen molar-refractivity contribution in [2.75, 3.05) is 13.2 Å². The maximum absolute atomic E-state index is 13.1. The minimum atomic E-state index is -3.15. The molecule has 1 aromatic carbocycles. The van der Waals surface area contributed by atoms with Crippen molar-refractivity contribution in [3.63, 3.8) is 0 Å². The Balaban J connectivity index is 1.51. The van der Waals surface area contributed by atoms with Crippen molar-refractivity contribution < 1.29 is 41.0 Å². The highest BCUT2D eigenvalue weighted by Gasteiger charge is 2.57. The minimum Gasteiger partial charge on any atom is -0.489 e. The molecule has 0 radical (unpaired) electrons. The van der Waals surface area contributed by atoms with Crippen LogP contribution in [0.15, 0.2) is 34.9 Å². The molecule has 1 N–H and O–H groups in total. The fourth-order valence-corrected chi connectivity index (χ4v) is 3.20. The highest BCUT2D eigenvalue weighted by atomic mass is 19.3. The number of hydrogen-bond acceptors (Lipinski definition) is 7. The van der Waals surface area contributed by atoms with Crippen LogP contribution in [0.4, 0.5) is 17.6 Å². The average Bonchev–Trinajstić information content (AvgIpc) is 3.16. The first-order valence-electron chi connectivity index (χ1n) is 10.4. The maximum atomic E-state index is 13.1. The number of alkyl halides is 4. The molecule has 0 saturated heterocycles. The van der Waals surface area contributed by atoms with Gasteiger partial charge in [0.25, 0.3) is 5.92 Å². The van der Waals surface area contributed by atoms with Crippen LogP contribution < -0.4 is 19.5 Å². The number of pyridine rings is 1. The number of aromatic nitrogens is 2. The summed E-state index contributed by atoms with van der Waals surface area (Å²) in [5, 5.41) is 2.68. The molecule has 1 saturated carbocycles. The smallest absolute Gasteiger partial charge is 0.387 e. The van der Waals surface area contributed by atoms with Crippen molar-refractivity contribution >= 4 is 17.0 Å². The molecule has 1 amide bonds. The molecular weight excluding hydrogens is 462 g/mol. The first kappa shape index (κ1) is 23.6. The molecule has 182 valence electrons. The standard InChI is InChI=1S/C22H21F4N3O5/c1-11(28-12(2)30)9-32-19-6-17-15(8-27-19)29-20(33-17)13-3-4-16(18(5-13)34-21(23)24)31-10-14-7-22(14,25)26/h3-6,8,11,14,21H,7,9-10H2,1-2H3,(H,28,30)/t11-,14?/m0/s1. The Bertz CT molecular complexity index is 1190. The molecule has 0 aliphatic heterocycles. The Kier molecular flexibility index (Phi) is 6.49. The van der Waals surface area contributed by atoms with Crippen LogP contribution in [-0.4, -0.2) is 47.7 Å². The Morgan fingerprint density at radius 2 is 2.03 bits per heavy atom. The van der Waals surface area contributed by atoms with Gasteiger partial charge in [0.15, 0.2) is 17.1 Å². The van der Waals surface area contributed by atoms with Gasteiger partial charge in [0, 0.05) is 25.0 Å². The third-order valence-electron chi connectivity index (χ3n) is 4.98. The second-order valence-corrected chi connectivity index (χ2v) is 7.93. The van der Waals surface area contributed by atoms with Gasteiger partial charge in [-0.2, -0.15) is 8.78 Å². The van der Waals surface area contributed by atoms with Crippen molar-refractivity contribution in [2.45, 2.75) is 38.8 Å². The number of ether oxygens (including phenoxy) is 3. The monoisotopic (exact) mass is 483 g/mol. The van der Waals surface area contributed by atoms with E-state index in [-0.39, 0.29) is 54.9 Å². The van der Waals surface area contributed by atoms with Gasteiger partial charge in [0.1, 0.15) is 12.1 Å². The Labute approximate surface area is 191 Å². The summed E-state index contributed by atoms with van der Waals surface area (Å²) in [5.41, 5.74) is 1.03. The Morgan fingerprint density at radius 1 is 1.26 bits per heavy atom. The van der Waals surface area contributed by atoms with E-state index in [0.717, 1.165) is 0 Å². The molecular formula is C22H21F4N3O5. The van der Waals surface area contributed by atoms with Crippen molar-refractivity contribution in [3.8, 4) is 28.8 Å². The number of carbonyl (C=O) groups excluding carboxylic acids is 1. The summed E-state index contributed by atoms with van der Waals surface area (Å²) in [6, 6.07) is 5.33. The molecule has 8 nitrogen and oxygen atoms in total. The zero-order chi connectivity index (χ0) is 24.5. The lowest BCUT2D eigenvalue weighted by atomic mass is 10.2. The fraction of sp³-hybridized carbons (Fsp3) is 0.409. The van der Waals surface area contributed by atoms with Gasteiger partial charge in [0.05, 0.1) is 24.8 Å². The predicted molar refractivity (Wildman–Crippen MR) is 111 cm³/mol. The van der Waals surface area contributed by atoms with E-state index in [9.17, 15) is 22.4 Å². The van der Waals surface area contributed by atoms with Crippen LogP contribution in [0.5, 0.6) is 17.4 Å². The molecule has 0 spiro atoms. The number of carbonyl (C=O) groups is 1. The van der Waals surface area contributed by atoms with E-state index in [1.54, 1.807) is 6.92 Å². The number of rotatable bonds is 10. The maximum Gasteiger partial charge on any atom is 0.387 e. The van der Waals surface area contributed by atoms with Gasteiger partial charge in [-0.05, 0) is 25.1 Å². The molecule has 1 aliphatic carbocycles. The minimum absolute atomic E-state index is 0.0893. The lowest BCUT2D eigenvalue weighted by Crippen LogP contribution is -2.35. The van der Waals surface area contributed by atoms with E-state index in [2.05, 4.69) is 20.0 Å². The quantitative estimate of drug-likeness (QED) is 0.426. The molecule has 4 rings (SSSR count). The lowest BCUT2D eigenvalue weighted by Gasteiger charge is -2.13. The summed E-state index contributed by atoms with van der Waals surface area (Å²) in [4.78, 5) is 19.5. The van der Waals surface area contributed by atoms with Crippen LogP contribution >= 0.6 is 0 Å². The van der Waals surface area contributed by atoms with Crippen LogP contribution in [0.3, 0.4) is 0 Å². The van der Waals surface area contributed by atoms with Crippen LogP contribution in [0.25, 0.3) is 22.6 Å². The molecule has 1 unspecified atom stereocenters. The Hall–Kier alpha value is -3.57. The zero-order valence-corrected chi connectivity index (χ0v) is 18.2. The lowest BCUT2D eigenvalue weighted by molar-refractivity contribution is -0.119.